The fourth-order valence-corrected chi connectivity index (χ4v) is 3.21. The van der Waals surface area contributed by atoms with Crippen LogP contribution in [0.15, 0.2) is 42.6 Å². The molecule has 0 spiro atoms. The first-order chi connectivity index (χ1) is 8.12. The number of aromatic nitrogens is 1. The molecule has 0 radical (unpaired) electrons. The molecule has 0 aliphatic carbocycles. The van der Waals surface area contributed by atoms with E-state index in [2.05, 4.69) is 49.2 Å². The first kappa shape index (κ1) is 9.37. The van der Waals surface area contributed by atoms with E-state index >= 15 is 0 Å². The molecule has 2 aliphatic rings. The Morgan fingerprint density at radius 1 is 1.06 bits per heavy atom. The number of fused-ring (bicyclic) bond motifs is 7. The van der Waals surface area contributed by atoms with Crippen LogP contribution in [0, 0.1) is 0 Å². The lowest BCUT2D eigenvalue weighted by molar-refractivity contribution is -0.0491. The van der Waals surface area contributed by atoms with Gasteiger partial charge in [-0.3, -0.25) is 4.98 Å². The van der Waals surface area contributed by atoms with Gasteiger partial charge in [0.25, 0.3) is 0 Å². The second-order valence-corrected chi connectivity index (χ2v) is 5.21. The van der Waals surface area contributed by atoms with Crippen LogP contribution in [0.3, 0.4) is 0 Å². The van der Waals surface area contributed by atoms with Crippen LogP contribution in [0.1, 0.15) is 25.0 Å². The molecule has 84 valence electrons. The largest absolute Gasteiger partial charge is 0.351 e. The van der Waals surface area contributed by atoms with Crippen LogP contribution in [0.4, 0.5) is 0 Å². The predicted molar refractivity (Wildman–Crippen MR) is 66.7 cm³/mol. The minimum atomic E-state index is -0.285. The average molecular weight is 223 g/mol. The maximum Gasteiger partial charge on any atom is 0.111 e. The highest BCUT2D eigenvalue weighted by Crippen LogP contribution is 2.55. The molecule has 0 amide bonds. The van der Waals surface area contributed by atoms with Crippen molar-refractivity contribution < 1.29 is 4.74 Å². The Morgan fingerprint density at radius 2 is 1.88 bits per heavy atom. The molecule has 3 heterocycles. The summed E-state index contributed by atoms with van der Waals surface area (Å²) in [5.74, 6) is 0. The highest BCUT2D eigenvalue weighted by molar-refractivity contribution is 5.86. The number of benzene rings is 1. The Bertz CT molecular complexity index is 676. The zero-order valence-electron chi connectivity index (χ0n) is 9.90. The third-order valence-electron chi connectivity index (χ3n) is 3.96. The zero-order chi connectivity index (χ0) is 11.7. The zero-order valence-corrected chi connectivity index (χ0v) is 9.90. The van der Waals surface area contributed by atoms with E-state index in [0.717, 1.165) is 5.52 Å². The van der Waals surface area contributed by atoms with E-state index in [9.17, 15) is 0 Å². The molecular formula is C15H13NO. The molecule has 1 aromatic heterocycles. The Morgan fingerprint density at radius 3 is 2.76 bits per heavy atom. The van der Waals surface area contributed by atoms with Gasteiger partial charge in [-0.2, -0.15) is 0 Å². The van der Waals surface area contributed by atoms with E-state index in [1.165, 1.54) is 16.5 Å². The molecule has 2 aromatic rings. The van der Waals surface area contributed by atoms with Gasteiger partial charge < -0.3 is 4.74 Å². The summed E-state index contributed by atoms with van der Waals surface area (Å²) in [6.07, 6.45) is 6.17. The van der Waals surface area contributed by atoms with Crippen molar-refractivity contribution in [1.29, 1.82) is 0 Å². The number of rotatable bonds is 0. The lowest BCUT2D eigenvalue weighted by Crippen LogP contribution is -2.17. The minimum Gasteiger partial charge on any atom is -0.351 e. The summed E-state index contributed by atoms with van der Waals surface area (Å²) in [6.45, 7) is 4.26. The first-order valence-electron chi connectivity index (χ1n) is 5.92. The Kier molecular flexibility index (Phi) is 1.43. The lowest BCUT2D eigenvalue weighted by atomic mass is 9.81. The second kappa shape index (κ2) is 2.59. The molecule has 0 saturated heterocycles. The van der Waals surface area contributed by atoms with Gasteiger partial charge in [-0.1, -0.05) is 12.1 Å². The molecular weight excluding hydrogens is 210 g/mol. The fraction of sp³-hybridized carbons (Fsp3) is 0.267. The van der Waals surface area contributed by atoms with Crippen molar-refractivity contribution >= 4 is 10.9 Å². The maximum atomic E-state index is 6.19. The normalized spacial score (nSPS) is 33.3. The maximum absolute atomic E-state index is 6.19. The van der Waals surface area contributed by atoms with Gasteiger partial charge in [-0.25, -0.2) is 0 Å². The van der Waals surface area contributed by atoms with E-state index in [0.29, 0.717) is 0 Å². The fourth-order valence-electron chi connectivity index (χ4n) is 3.21. The van der Waals surface area contributed by atoms with Gasteiger partial charge in [0.1, 0.15) is 11.2 Å². The van der Waals surface area contributed by atoms with Gasteiger partial charge in [0, 0.05) is 17.1 Å². The van der Waals surface area contributed by atoms with E-state index in [1.54, 1.807) is 0 Å². The van der Waals surface area contributed by atoms with Gasteiger partial charge in [-0.05, 0) is 43.7 Å². The SMILES string of the molecule is CC12C=CC(C)(O1)c1c2ccc2ncccc12. The number of pyridine rings is 1. The molecule has 17 heavy (non-hydrogen) atoms. The highest BCUT2D eigenvalue weighted by atomic mass is 16.5. The summed E-state index contributed by atoms with van der Waals surface area (Å²) < 4.78 is 6.19. The van der Waals surface area contributed by atoms with Crippen molar-refractivity contribution in [2.75, 3.05) is 0 Å². The monoisotopic (exact) mass is 223 g/mol. The summed E-state index contributed by atoms with van der Waals surface area (Å²) in [5.41, 5.74) is 3.07. The Balaban J connectivity index is 2.19. The summed E-state index contributed by atoms with van der Waals surface area (Å²) in [5, 5.41) is 1.21. The first-order valence-corrected chi connectivity index (χ1v) is 5.92. The molecule has 2 heteroatoms. The minimum absolute atomic E-state index is 0.256. The molecule has 4 rings (SSSR count). The smallest absolute Gasteiger partial charge is 0.111 e. The van der Waals surface area contributed by atoms with Crippen molar-refractivity contribution in [3.63, 3.8) is 0 Å². The Hall–Kier alpha value is -1.67. The molecule has 2 atom stereocenters. The van der Waals surface area contributed by atoms with Gasteiger partial charge in [0.05, 0.1) is 5.52 Å². The molecule has 2 nitrogen and oxygen atoms in total. The summed E-state index contributed by atoms with van der Waals surface area (Å²) in [6, 6.07) is 8.36. The van der Waals surface area contributed by atoms with E-state index < -0.39 is 0 Å². The van der Waals surface area contributed by atoms with Crippen LogP contribution < -0.4 is 0 Å². The third kappa shape index (κ3) is 0.973. The Labute approximate surface area is 99.9 Å². The molecule has 0 saturated carbocycles. The van der Waals surface area contributed by atoms with Crippen LogP contribution in [0.2, 0.25) is 0 Å². The topological polar surface area (TPSA) is 22.1 Å². The van der Waals surface area contributed by atoms with Crippen LogP contribution in [-0.4, -0.2) is 4.98 Å². The van der Waals surface area contributed by atoms with Crippen molar-refractivity contribution in [3.8, 4) is 0 Å². The third-order valence-corrected chi connectivity index (χ3v) is 3.96. The van der Waals surface area contributed by atoms with Gasteiger partial charge in [0.2, 0.25) is 0 Å². The van der Waals surface area contributed by atoms with Crippen molar-refractivity contribution in [1.82, 2.24) is 4.98 Å². The number of hydrogen-bond donors (Lipinski definition) is 0. The average Bonchev–Trinajstić information content (AvgIpc) is 2.77. The van der Waals surface area contributed by atoms with E-state index in [-0.39, 0.29) is 11.2 Å². The number of ether oxygens (including phenoxy) is 1. The quantitative estimate of drug-likeness (QED) is 0.639. The highest BCUT2D eigenvalue weighted by Gasteiger charge is 2.51. The van der Waals surface area contributed by atoms with Crippen molar-refractivity contribution in [2.45, 2.75) is 25.0 Å². The van der Waals surface area contributed by atoms with Gasteiger partial charge >= 0.3 is 0 Å². The summed E-state index contributed by atoms with van der Waals surface area (Å²) in [7, 11) is 0. The standard InChI is InChI=1S/C15H13NO/c1-14-7-8-15(2,17-14)13-10-4-3-9-16-12(10)6-5-11(13)14/h3-9H,1-2H3. The van der Waals surface area contributed by atoms with Crippen molar-refractivity contribution in [2.24, 2.45) is 0 Å². The lowest BCUT2D eigenvalue weighted by Gasteiger charge is -2.19. The van der Waals surface area contributed by atoms with Crippen LogP contribution >= 0.6 is 0 Å². The summed E-state index contributed by atoms with van der Waals surface area (Å²) >= 11 is 0. The molecule has 2 unspecified atom stereocenters. The van der Waals surface area contributed by atoms with Gasteiger partial charge in [0.15, 0.2) is 0 Å². The summed E-state index contributed by atoms with van der Waals surface area (Å²) in [4.78, 5) is 4.42. The molecule has 0 fully saturated rings. The number of hydrogen-bond acceptors (Lipinski definition) is 2. The van der Waals surface area contributed by atoms with Crippen LogP contribution in [0.5, 0.6) is 0 Å². The second-order valence-electron chi connectivity index (χ2n) is 5.21. The van der Waals surface area contributed by atoms with Crippen LogP contribution in [0.25, 0.3) is 10.9 Å². The predicted octanol–water partition coefficient (Wildman–Crippen LogP) is 3.27. The van der Waals surface area contributed by atoms with Gasteiger partial charge in [-0.15, -0.1) is 0 Å². The van der Waals surface area contributed by atoms with E-state index in [4.69, 9.17) is 4.74 Å². The molecule has 1 aromatic carbocycles. The van der Waals surface area contributed by atoms with Crippen LogP contribution in [-0.2, 0) is 15.9 Å². The van der Waals surface area contributed by atoms with E-state index in [1.807, 2.05) is 12.3 Å². The number of nitrogens with zero attached hydrogens (tertiary/aromatic N) is 1. The molecule has 0 N–H and O–H groups in total. The van der Waals surface area contributed by atoms with Crippen molar-refractivity contribution in [3.05, 3.63) is 53.7 Å². The molecule has 2 aliphatic heterocycles. The molecule has 2 bridgehead atoms.